The molecule has 1 N–H and O–H groups in total. The van der Waals surface area contributed by atoms with Gasteiger partial charge in [0, 0.05) is 15.8 Å². The fraction of sp³-hybridized carbons (Fsp3) is 0.312. The van der Waals surface area contributed by atoms with Crippen molar-refractivity contribution in [2.45, 2.75) is 33.7 Å². The van der Waals surface area contributed by atoms with Crippen LogP contribution in [0.15, 0.2) is 24.3 Å². The lowest BCUT2D eigenvalue weighted by Crippen LogP contribution is -2.08. The summed E-state index contributed by atoms with van der Waals surface area (Å²) >= 11 is 1.82. The highest BCUT2D eigenvalue weighted by Gasteiger charge is 2.12. The molecule has 0 saturated carbocycles. The normalized spacial score (nSPS) is 11.9. The number of anilines is 1. The first-order valence-electron chi connectivity index (χ1n) is 6.35. The molecule has 0 amide bonds. The number of rotatable bonds is 3. The fourth-order valence-electron chi connectivity index (χ4n) is 2.27. The molecule has 0 radical (unpaired) electrons. The number of thiophene rings is 1. The van der Waals surface area contributed by atoms with Gasteiger partial charge >= 0.3 is 0 Å². The molecule has 2 aromatic rings. The van der Waals surface area contributed by atoms with Crippen molar-refractivity contribution < 1.29 is 0 Å². The molecule has 0 aliphatic heterocycles. The summed E-state index contributed by atoms with van der Waals surface area (Å²) in [5.74, 6) is 0. The minimum absolute atomic E-state index is 0.208. The molecule has 0 aliphatic rings. The molecular weight excluding hydrogens is 252 g/mol. The summed E-state index contributed by atoms with van der Waals surface area (Å²) in [6.07, 6.45) is 0. The Balaban J connectivity index is 2.27. The highest BCUT2D eigenvalue weighted by atomic mass is 32.1. The van der Waals surface area contributed by atoms with Crippen molar-refractivity contribution in [1.29, 1.82) is 5.26 Å². The molecule has 2 nitrogen and oxygen atoms in total. The van der Waals surface area contributed by atoms with Crippen LogP contribution in [-0.2, 0) is 0 Å². The molecule has 3 heteroatoms. The zero-order chi connectivity index (χ0) is 14.0. The highest BCUT2D eigenvalue weighted by molar-refractivity contribution is 7.12. The fourth-order valence-corrected chi connectivity index (χ4v) is 3.29. The number of hydrogen-bond donors (Lipinski definition) is 1. The van der Waals surface area contributed by atoms with Gasteiger partial charge in [-0.25, -0.2) is 0 Å². The number of benzene rings is 1. The highest BCUT2D eigenvalue weighted by Crippen LogP contribution is 2.29. The van der Waals surface area contributed by atoms with Crippen LogP contribution in [0.1, 0.15) is 39.4 Å². The van der Waals surface area contributed by atoms with E-state index in [-0.39, 0.29) is 6.04 Å². The summed E-state index contributed by atoms with van der Waals surface area (Å²) in [6.45, 7) is 8.40. The molecule has 98 valence electrons. The van der Waals surface area contributed by atoms with E-state index < -0.39 is 0 Å². The van der Waals surface area contributed by atoms with E-state index in [4.69, 9.17) is 0 Å². The van der Waals surface area contributed by atoms with Gasteiger partial charge in [-0.1, -0.05) is 6.07 Å². The van der Waals surface area contributed by atoms with Crippen LogP contribution in [0.3, 0.4) is 0 Å². The lowest BCUT2D eigenvalue weighted by atomic mass is 10.1. The van der Waals surface area contributed by atoms with Gasteiger partial charge in [-0.3, -0.25) is 0 Å². The van der Waals surface area contributed by atoms with E-state index in [9.17, 15) is 5.26 Å². The van der Waals surface area contributed by atoms with E-state index in [0.717, 1.165) is 11.3 Å². The number of hydrogen-bond acceptors (Lipinski definition) is 3. The average Bonchev–Trinajstić information content (AvgIpc) is 2.70. The van der Waals surface area contributed by atoms with Gasteiger partial charge in [0.2, 0.25) is 0 Å². The Kier molecular flexibility index (Phi) is 3.92. The predicted molar refractivity (Wildman–Crippen MR) is 81.7 cm³/mol. The molecule has 1 heterocycles. The second kappa shape index (κ2) is 5.46. The van der Waals surface area contributed by atoms with Crippen molar-refractivity contribution in [2.24, 2.45) is 0 Å². The maximum atomic E-state index is 9.20. The van der Waals surface area contributed by atoms with E-state index in [0.29, 0.717) is 5.56 Å². The standard InChI is InChI=1S/C16H18N2S/c1-10-5-6-16(14(7-10)9-17)18-12(3)15-8-11(2)19-13(15)4/h5-8,12,18H,1-4H3. The van der Waals surface area contributed by atoms with E-state index in [1.807, 2.05) is 36.5 Å². The van der Waals surface area contributed by atoms with Crippen molar-refractivity contribution in [3.63, 3.8) is 0 Å². The first-order valence-corrected chi connectivity index (χ1v) is 7.17. The maximum Gasteiger partial charge on any atom is 0.101 e. The third-order valence-corrected chi connectivity index (χ3v) is 4.20. The number of aryl methyl sites for hydroxylation is 3. The van der Waals surface area contributed by atoms with Gasteiger partial charge in [0.05, 0.1) is 11.3 Å². The van der Waals surface area contributed by atoms with Crippen molar-refractivity contribution in [3.05, 3.63) is 50.7 Å². The van der Waals surface area contributed by atoms with Gasteiger partial charge in [0.1, 0.15) is 6.07 Å². The SMILES string of the molecule is Cc1ccc(NC(C)c2cc(C)sc2C)c(C#N)c1. The Morgan fingerprint density at radius 2 is 1.95 bits per heavy atom. The molecule has 1 aromatic heterocycles. The van der Waals surface area contributed by atoms with Crippen LogP contribution in [0.4, 0.5) is 5.69 Å². The van der Waals surface area contributed by atoms with Gasteiger partial charge < -0.3 is 5.32 Å². The molecule has 0 fully saturated rings. The van der Waals surface area contributed by atoms with Gasteiger partial charge in [-0.05, 0) is 57.0 Å². The number of nitrogens with zero attached hydrogens (tertiary/aromatic N) is 1. The molecule has 0 bridgehead atoms. The van der Waals surface area contributed by atoms with E-state index in [1.165, 1.54) is 15.3 Å². The topological polar surface area (TPSA) is 35.8 Å². The molecule has 1 unspecified atom stereocenters. The maximum absolute atomic E-state index is 9.20. The van der Waals surface area contributed by atoms with Gasteiger partial charge in [-0.15, -0.1) is 11.3 Å². The molecule has 0 saturated heterocycles. The van der Waals surface area contributed by atoms with Crippen LogP contribution in [-0.4, -0.2) is 0 Å². The predicted octanol–water partition coefficient (Wildman–Crippen LogP) is 4.72. The largest absolute Gasteiger partial charge is 0.377 e. The van der Waals surface area contributed by atoms with Crippen LogP contribution >= 0.6 is 11.3 Å². The molecule has 2 rings (SSSR count). The Morgan fingerprint density at radius 1 is 1.21 bits per heavy atom. The first-order chi connectivity index (χ1) is 9.01. The molecule has 1 atom stereocenters. The summed E-state index contributed by atoms with van der Waals surface area (Å²) < 4.78 is 0. The quantitative estimate of drug-likeness (QED) is 0.876. The molecule has 0 spiro atoms. The Labute approximate surface area is 118 Å². The second-order valence-electron chi connectivity index (χ2n) is 4.90. The van der Waals surface area contributed by atoms with Crippen LogP contribution in [0.2, 0.25) is 0 Å². The minimum Gasteiger partial charge on any atom is -0.377 e. The Hall–Kier alpha value is -1.79. The zero-order valence-electron chi connectivity index (χ0n) is 11.7. The van der Waals surface area contributed by atoms with E-state index >= 15 is 0 Å². The molecule has 0 aliphatic carbocycles. The van der Waals surface area contributed by atoms with Crippen LogP contribution in [0, 0.1) is 32.1 Å². The number of nitriles is 1. The van der Waals surface area contributed by atoms with Crippen LogP contribution in [0.25, 0.3) is 0 Å². The Bertz CT molecular complexity index is 635. The lowest BCUT2D eigenvalue weighted by Gasteiger charge is -2.16. The van der Waals surface area contributed by atoms with Crippen molar-refractivity contribution in [2.75, 3.05) is 5.32 Å². The van der Waals surface area contributed by atoms with Crippen molar-refractivity contribution >= 4 is 17.0 Å². The van der Waals surface area contributed by atoms with Crippen molar-refractivity contribution in [3.8, 4) is 6.07 Å². The number of nitrogens with one attached hydrogen (secondary N) is 1. The zero-order valence-corrected chi connectivity index (χ0v) is 12.6. The van der Waals surface area contributed by atoms with Gasteiger partial charge in [0.25, 0.3) is 0 Å². The summed E-state index contributed by atoms with van der Waals surface area (Å²) in [7, 11) is 0. The van der Waals surface area contributed by atoms with E-state index in [2.05, 4.69) is 38.2 Å². The summed E-state index contributed by atoms with van der Waals surface area (Å²) in [5.41, 5.74) is 4.03. The summed E-state index contributed by atoms with van der Waals surface area (Å²) in [5, 5.41) is 12.6. The van der Waals surface area contributed by atoms with Crippen molar-refractivity contribution in [1.82, 2.24) is 0 Å². The van der Waals surface area contributed by atoms with Crippen LogP contribution < -0.4 is 5.32 Å². The first kappa shape index (κ1) is 13.6. The van der Waals surface area contributed by atoms with Crippen LogP contribution in [0.5, 0.6) is 0 Å². The van der Waals surface area contributed by atoms with E-state index in [1.54, 1.807) is 0 Å². The minimum atomic E-state index is 0.208. The molecule has 19 heavy (non-hydrogen) atoms. The summed E-state index contributed by atoms with van der Waals surface area (Å²) in [4.78, 5) is 2.66. The monoisotopic (exact) mass is 270 g/mol. The average molecular weight is 270 g/mol. The second-order valence-corrected chi connectivity index (χ2v) is 6.36. The lowest BCUT2D eigenvalue weighted by molar-refractivity contribution is 0.881. The summed E-state index contributed by atoms with van der Waals surface area (Å²) in [6, 6.07) is 10.6. The smallest absolute Gasteiger partial charge is 0.101 e. The third-order valence-electron chi connectivity index (χ3n) is 3.21. The van der Waals surface area contributed by atoms with Gasteiger partial charge in [0.15, 0.2) is 0 Å². The molecular formula is C16H18N2S. The van der Waals surface area contributed by atoms with Gasteiger partial charge in [-0.2, -0.15) is 5.26 Å². The Morgan fingerprint density at radius 3 is 2.53 bits per heavy atom. The molecule has 1 aromatic carbocycles. The third kappa shape index (κ3) is 2.97.